The molecular formula is C13H23NO3. The van der Waals surface area contributed by atoms with Crippen LogP contribution >= 0.6 is 0 Å². The molecule has 1 unspecified atom stereocenters. The van der Waals surface area contributed by atoms with Crippen molar-refractivity contribution in [2.75, 3.05) is 19.7 Å². The van der Waals surface area contributed by atoms with Crippen LogP contribution < -0.4 is 5.32 Å². The third-order valence-corrected chi connectivity index (χ3v) is 2.41. The lowest BCUT2D eigenvalue weighted by atomic mass is 10.2. The predicted molar refractivity (Wildman–Crippen MR) is 66.9 cm³/mol. The minimum absolute atomic E-state index is 0.309. The average molecular weight is 241 g/mol. The second kappa shape index (κ2) is 8.28. The van der Waals surface area contributed by atoms with Crippen LogP contribution in [0.15, 0.2) is 22.8 Å². The molecule has 0 radical (unpaired) electrons. The molecule has 4 nitrogen and oxygen atoms in total. The molecule has 0 bridgehead atoms. The van der Waals surface area contributed by atoms with Crippen LogP contribution in [-0.4, -0.2) is 30.9 Å². The molecular weight excluding hydrogens is 218 g/mol. The number of ether oxygens (including phenoxy) is 1. The molecule has 2 N–H and O–H groups in total. The first-order valence-electron chi connectivity index (χ1n) is 6.24. The van der Waals surface area contributed by atoms with Crippen molar-refractivity contribution in [3.8, 4) is 0 Å². The summed E-state index contributed by atoms with van der Waals surface area (Å²) in [6.07, 6.45) is 3.42. The van der Waals surface area contributed by atoms with Gasteiger partial charge in [-0.2, -0.15) is 0 Å². The number of nitrogens with one attached hydrogen (secondary N) is 1. The highest BCUT2D eigenvalue weighted by Gasteiger charge is 2.08. The van der Waals surface area contributed by atoms with E-state index in [0.717, 1.165) is 26.0 Å². The molecule has 0 aliphatic rings. The van der Waals surface area contributed by atoms with Crippen LogP contribution in [0, 0.1) is 0 Å². The maximum absolute atomic E-state index is 9.70. The molecule has 1 rings (SSSR count). The molecule has 0 aromatic carbocycles. The maximum Gasteiger partial charge on any atom is 0.133 e. The summed E-state index contributed by atoms with van der Waals surface area (Å²) in [6, 6.07) is 3.56. The Morgan fingerprint density at radius 1 is 1.41 bits per heavy atom. The van der Waals surface area contributed by atoms with Crippen molar-refractivity contribution in [1.29, 1.82) is 0 Å². The molecule has 98 valence electrons. The summed E-state index contributed by atoms with van der Waals surface area (Å²) in [7, 11) is 0. The lowest BCUT2D eigenvalue weighted by Crippen LogP contribution is -2.22. The number of unbranched alkanes of at least 4 members (excludes halogenated alkanes) is 1. The Bertz CT molecular complexity index is 272. The highest BCUT2D eigenvalue weighted by molar-refractivity contribution is 5.01. The minimum Gasteiger partial charge on any atom is -0.467 e. The topological polar surface area (TPSA) is 54.6 Å². The highest BCUT2D eigenvalue weighted by Crippen LogP contribution is 2.11. The first-order valence-corrected chi connectivity index (χ1v) is 6.24. The highest BCUT2D eigenvalue weighted by atomic mass is 16.5. The van der Waals surface area contributed by atoms with Gasteiger partial charge in [0.25, 0.3) is 0 Å². The van der Waals surface area contributed by atoms with Crippen LogP contribution in [0.25, 0.3) is 0 Å². The van der Waals surface area contributed by atoms with Gasteiger partial charge in [-0.3, -0.25) is 0 Å². The van der Waals surface area contributed by atoms with Crippen molar-refractivity contribution < 1.29 is 14.3 Å². The second-order valence-electron chi connectivity index (χ2n) is 4.36. The van der Waals surface area contributed by atoms with Crippen molar-refractivity contribution in [3.63, 3.8) is 0 Å². The van der Waals surface area contributed by atoms with Gasteiger partial charge in [0.15, 0.2) is 0 Å². The summed E-state index contributed by atoms with van der Waals surface area (Å²) >= 11 is 0. The third kappa shape index (κ3) is 6.46. The maximum atomic E-state index is 9.70. The lowest BCUT2D eigenvalue weighted by Gasteiger charge is -2.10. The Balaban J connectivity index is 1.94. The van der Waals surface area contributed by atoms with Gasteiger partial charge in [-0.25, -0.2) is 0 Å². The van der Waals surface area contributed by atoms with Crippen molar-refractivity contribution in [2.45, 2.75) is 38.9 Å². The van der Waals surface area contributed by atoms with Crippen LogP contribution in [0.5, 0.6) is 0 Å². The fourth-order valence-electron chi connectivity index (χ4n) is 1.49. The van der Waals surface area contributed by atoms with Gasteiger partial charge >= 0.3 is 0 Å². The van der Waals surface area contributed by atoms with Crippen molar-refractivity contribution >= 4 is 0 Å². The molecule has 0 aliphatic carbocycles. The second-order valence-corrected chi connectivity index (χ2v) is 4.36. The van der Waals surface area contributed by atoms with Gasteiger partial charge in [0, 0.05) is 13.2 Å². The molecule has 0 aliphatic heterocycles. The van der Waals surface area contributed by atoms with Gasteiger partial charge in [0.1, 0.15) is 11.9 Å². The van der Waals surface area contributed by atoms with E-state index >= 15 is 0 Å². The fourth-order valence-corrected chi connectivity index (χ4v) is 1.49. The van der Waals surface area contributed by atoms with Crippen molar-refractivity contribution in [2.24, 2.45) is 0 Å². The van der Waals surface area contributed by atoms with Gasteiger partial charge in [0.2, 0.25) is 0 Å². The molecule has 1 aromatic heterocycles. The SMILES string of the molecule is CC(C)OCCCCNCC(O)c1ccco1. The zero-order chi connectivity index (χ0) is 12.5. The fraction of sp³-hybridized carbons (Fsp3) is 0.692. The van der Waals surface area contributed by atoms with E-state index in [1.165, 1.54) is 0 Å². The van der Waals surface area contributed by atoms with Gasteiger partial charge in [-0.15, -0.1) is 0 Å². The normalized spacial score (nSPS) is 13.2. The molecule has 0 saturated carbocycles. The quantitative estimate of drug-likeness (QED) is 0.650. The average Bonchev–Trinajstić information content (AvgIpc) is 2.80. The van der Waals surface area contributed by atoms with Crippen LogP contribution in [0.1, 0.15) is 38.6 Å². The van der Waals surface area contributed by atoms with Crippen LogP contribution in [0.3, 0.4) is 0 Å². The molecule has 0 amide bonds. The van der Waals surface area contributed by atoms with Crippen LogP contribution in [0.2, 0.25) is 0 Å². The first kappa shape index (κ1) is 14.2. The van der Waals surface area contributed by atoms with E-state index in [1.54, 1.807) is 18.4 Å². The van der Waals surface area contributed by atoms with Gasteiger partial charge in [0.05, 0.1) is 12.4 Å². The number of furan rings is 1. The van der Waals surface area contributed by atoms with E-state index < -0.39 is 6.10 Å². The Labute approximate surface area is 103 Å². The largest absolute Gasteiger partial charge is 0.467 e. The molecule has 0 saturated heterocycles. The predicted octanol–water partition coefficient (Wildman–Crippen LogP) is 2.11. The third-order valence-electron chi connectivity index (χ3n) is 2.41. The summed E-state index contributed by atoms with van der Waals surface area (Å²) in [5.41, 5.74) is 0. The summed E-state index contributed by atoms with van der Waals surface area (Å²) in [4.78, 5) is 0. The number of aliphatic hydroxyl groups excluding tert-OH is 1. The summed E-state index contributed by atoms with van der Waals surface area (Å²) in [5, 5.41) is 12.9. The lowest BCUT2D eigenvalue weighted by molar-refractivity contribution is 0.0758. The van der Waals surface area contributed by atoms with E-state index in [9.17, 15) is 5.11 Å². The number of hydrogen-bond acceptors (Lipinski definition) is 4. The standard InChI is InChI=1S/C13H23NO3/c1-11(2)16-8-4-3-7-14-10-12(15)13-6-5-9-17-13/h5-6,9,11-12,14-15H,3-4,7-8,10H2,1-2H3. The summed E-state index contributed by atoms with van der Waals surface area (Å²) < 4.78 is 10.5. The smallest absolute Gasteiger partial charge is 0.133 e. The molecule has 0 spiro atoms. The van der Waals surface area contributed by atoms with E-state index in [2.05, 4.69) is 5.32 Å². The van der Waals surface area contributed by atoms with Crippen LogP contribution in [0.4, 0.5) is 0 Å². The number of aliphatic hydroxyl groups is 1. The van der Waals surface area contributed by atoms with E-state index in [-0.39, 0.29) is 0 Å². The molecule has 17 heavy (non-hydrogen) atoms. The zero-order valence-electron chi connectivity index (χ0n) is 10.7. The van der Waals surface area contributed by atoms with Crippen LogP contribution in [-0.2, 0) is 4.74 Å². The summed E-state index contributed by atoms with van der Waals surface area (Å²) in [5.74, 6) is 0.612. The van der Waals surface area contributed by atoms with Gasteiger partial charge in [-0.1, -0.05) is 0 Å². The zero-order valence-corrected chi connectivity index (χ0v) is 10.7. The van der Waals surface area contributed by atoms with Crippen molar-refractivity contribution in [1.82, 2.24) is 5.32 Å². The van der Waals surface area contributed by atoms with E-state index in [4.69, 9.17) is 9.15 Å². The molecule has 1 aromatic rings. The number of rotatable bonds is 9. The molecule has 1 atom stereocenters. The Morgan fingerprint density at radius 3 is 2.88 bits per heavy atom. The molecule has 0 fully saturated rings. The molecule has 4 heteroatoms. The van der Waals surface area contributed by atoms with E-state index in [0.29, 0.717) is 18.4 Å². The molecule has 1 heterocycles. The summed E-state index contributed by atoms with van der Waals surface area (Å²) in [6.45, 7) is 6.30. The Hall–Kier alpha value is -0.840. The minimum atomic E-state index is -0.558. The number of hydrogen-bond donors (Lipinski definition) is 2. The van der Waals surface area contributed by atoms with Gasteiger partial charge < -0.3 is 19.6 Å². The van der Waals surface area contributed by atoms with Crippen molar-refractivity contribution in [3.05, 3.63) is 24.2 Å². The Morgan fingerprint density at radius 2 is 2.24 bits per heavy atom. The first-order chi connectivity index (χ1) is 8.20. The monoisotopic (exact) mass is 241 g/mol. The Kier molecular flexibility index (Phi) is 6.93. The van der Waals surface area contributed by atoms with E-state index in [1.807, 2.05) is 13.8 Å². The van der Waals surface area contributed by atoms with Gasteiger partial charge in [-0.05, 0) is 45.4 Å².